The minimum absolute atomic E-state index is 0.0915. The number of ketones is 1. The van der Waals surface area contributed by atoms with E-state index in [-0.39, 0.29) is 12.2 Å². The molecule has 5 heteroatoms. The van der Waals surface area contributed by atoms with E-state index in [9.17, 15) is 9.90 Å². The second-order valence-electron chi connectivity index (χ2n) is 2.92. The van der Waals surface area contributed by atoms with Gasteiger partial charge in [0.15, 0.2) is 5.78 Å². The number of aliphatic hydroxyl groups is 1. The number of hydrogen-bond donors (Lipinski definition) is 1. The second kappa shape index (κ2) is 4.57. The second-order valence-corrected chi connectivity index (χ2v) is 2.92. The highest BCUT2D eigenvalue weighted by Crippen LogP contribution is 2.01. The summed E-state index contributed by atoms with van der Waals surface area (Å²) in [7, 11) is 0. The molecule has 0 aliphatic carbocycles. The van der Waals surface area contributed by atoms with Crippen LogP contribution >= 0.6 is 0 Å². The van der Waals surface area contributed by atoms with Gasteiger partial charge in [-0.05, 0) is 12.5 Å². The van der Waals surface area contributed by atoms with Crippen LogP contribution in [0.3, 0.4) is 0 Å². The van der Waals surface area contributed by atoms with Crippen molar-refractivity contribution in [3.63, 3.8) is 0 Å². The number of Topliss-reactive ketones (excluding diaryl/α,β-unsaturated/α-hetero) is 1. The van der Waals surface area contributed by atoms with Gasteiger partial charge in [-0.3, -0.25) is 4.79 Å². The van der Waals surface area contributed by atoms with Crippen LogP contribution in [0.2, 0.25) is 0 Å². The molecule has 5 nitrogen and oxygen atoms in total. The van der Waals surface area contributed by atoms with Crippen molar-refractivity contribution < 1.29 is 9.90 Å². The van der Waals surface area contributed by atoms with Gasteiger partial charge in [-0.2, -0.15) is 0 Å². The zero-order valence-electron chi connectivity index (χ0n) is 7.84. The Kier molecular flexibility index (Phi) is 3.41. The molecule has 1 aromatic heterocycles. The molecule has 0 aliphatic rings. The highest BCUT2D eigenvalue weighted by molar-refractivity contribution is 5.97. The maximum atomic E-state index is 11.2. The largest absolute Gasteiger partial charge is 0.384 e. The maximum Gasteiger partial charge on any atom is 0.186 e. The monoisotopic (exact) mass is 193 g/mol. The van der Waals surface area contributed by atoms with Crippen LogP contribution in [0, 0.1) is 0 Å². The molecular weight excluding hydrogens is 182 g/mol. The minimum Gasteiger partial charge on any atom is -0.384 e. The van der Waals surface area contributed by atoms with E-state index >= 15 is 0 Å². The van der Waals surface area contributed by atoms with Crippen molar-refractivity contribution in [3.05, 3.63) is 30.6 Å². The molecule has 0 fully saturated rings. The summed E-state index contributed by atoms with van der Waals surface area (Å²) >= 11 is 0. The molecule has 74 valence electrons. The molecule has 1 N–H and O–H groups in total. The van der Waals surface area contributed by atoms with Crippen LogP contribution in [0.4, 0.5) is 0 Å². The number of rotatable bonds is 4. The van der Waals surface area contributed by atoms with Crippen molar-refractivity contribution in [1.29, 1.82) is 0 Å². The molecule has 1 heterocycles. The fraction of sp³-hybridized carbons (Fsp3) is 0.333. The SMILES string of the molecule is C=C(C)C(=O)C(O)Cc1ncncn1. The van der Waals surface area contributed by atoms with Crippen molar-refractivity contribution in [2.45, 2.75) is 19.4 Å². The van der Waals surface area contributed by atoms with E-state index in [2.05, 4.69) is 21.5 Å². The first kappa shape index (κ1) is 10.5. The summed E-state index contributed by atoms with van der Waals surface area (Å²) in [6.45, 7) is 5.01. The molecule has 0 bridgehead atoms. The van der Waals surface area contributed by atoms with Crippen molar-refractivity contribution in [1.82, 2.24) is 15.0 Å². The number of carbonyl (C=O) groups excluding carboxylic acids is 1. The Hall–Kier alpha value is -1.62. The molecule has 0 saturated heterocycles. The molecule has 1 atom stereocenters. The molecular formula is C9H11N3O2. The first-order valence-corrected chi connectivity index (χ1v) is 4.10. The smallest absolute Gasteiger partial charge is 0.186 e. The van der Waals surface area contributed by atoms with Gasteiger partial charge in [-0.25, -0.2) is 15.0 Å². The fourth-order valence-electron chi connectivity index (χ4n) is 0.919. The van der Waals surface area contributed by atoms with Gasteiger partial charge >= 0.3 is 0 Å². The van der Waals surface area contributed by atoms with Gasteiger partial charge in [0.1, 0.15) is 24.6 Å². The lowest BCUT2D eigenvalue weighted by Crippen LogP contribution is -2.24. The highest BCUT2D eigenvalue weighted by Gasteiger charge is 2.16. The van der Waals surface area contributed by atoms with E-state index in [0.717, 1.165) is 0 Å². The van der Waals surface area contributed by atoms with Crippen molar-refractivity contribution in [2.75, 3.05) is 0 Å². The van der Waals surface area contributed by atoms with Crippen LogP contribution in [-0.2, 0) is 11.2 Å². The van der Waals surface area contributed by atoms with E-state index in [1.54, 1.807) is 6.92 Å². The summed E-state index contributed by atoms with van der Waals surface area (Å²) in [5.41, 5.74) is 0.326. The molecule has 0 amide bonds. The first-order valence-electron chi connectivity index (χ1n) is 4.10. The van der Waals surface area contributed by atoms with Crippen LogP contribution in [0.15, 0.2) is 24.8 Å². The molecule has 1 unspecified atom stereocenters. The average molecular weight is 193 g/mol. The number of aromatic nitrogens is 3. The van der Waals surface area contributed by atoms with Crippen LogP contribution < -0.4 is 0 Å². The van der Waals surface area contributed by atoms with Gasteiger partial charge in [-0.15, -0.1) is 0 Å². The molecule has 1 aromatic rings. The lowest BCUT2D eigenvalue weighted by atomic mass is 10.1. The lowest BCUT2D eigenvalue weighted by Gasteiger charge is -2.07. The number of nitrogens with zero attached hydrogens (tertiary/aromatic N) is 3. The van der Waals surface area contributed by atoms with Crippen LogP contribution in [0.5, 0.6) is 0 Å². The zero-order chi connectivity index (χ0) is 10.6. The Balaban J connectivity index is 2.62. The molecule has 0 radical (unpaired) electrons. The molecule has 0 aromatic carbocycles. The van der Waals surface area contributed by atoms with Crippen molar-refractivity contribution >= 4 is 5.78 Å². The van der Waals surface area contributed by atoms with Crippen LogP contribution in [0.1, 0.15) is 12.7 Å². The molecule has 0 saturated carbocycles. The van der Waals surface area contributed by atoms with Gasteiger partial charge in [0.05, 0.1) is 0 Å². The lowest BCUT2D eigenvalue weighted by molar-refractivity contribution is -0.123. The molecule has 0 aliphatic heterocycles. The summed E-state index contributed by atoms with van der Waals surface area (Å²) in [4.78, 5) is 22.4. The predicted octanol–water partition coefficient (Wildman–Crippen LogP) is -0.0798. The standard InChI is InChI=1S/C9H11N3O2/c1-6(2)9(14)7(13)3-8-11-4-10-5-12-8/h4-5,7,13H,1,3H2,2H3. The highest BCUT2D eigenvalue weighted by atomic mass is 16.3. The zero-order valence-corrected chi connectivity index (χ0v) is 7.84. The van der Waals surface area contributed by atoms with E-state index < -0.39 is 6.10 Å². The number of aliphatic hydroxyl groups excluding tert-OH is 1. The van der Waals surface area contributed by atoms with Crippen LogP contribution in [0.25, 0.3) is 0 Å². The van der Waals surface area contributed by atoms with Crippen molar-refractivity contribution in [2.24, 2.45) is 0 Å². The molecule has 1 rings (SSSR count). The van der Waals surface area contributed by atoms with Gasteiger partial charge < -0.3 is 5.11 Å². The topological polar surface area (TPSA) is 76.0 Å². The Morgan fingerprint density at radius 1 is 1.57 bits per heavy atom. The Labute approximate surface area is 81.5 Å². The van der Waals surface area contributed by atoms with Gasteiger partial charge in [0.2, 0.25) is 0 Å². The van der Waals surface area contributed by atoms with Gasteiger partial charge in [0.25, 0.3) is 0 Å². The summed E-state index contributed by atoms with van der Waals surface area (Å²) < 4.78 is 0. The third-order valence-corrected chi connectivity index (χ3v) is 1.65. The van der Waals surface area contributed by atoms with Gasteiger partial charge in [0, 0.05) is 6.42 Å². The normalized spacial score (nSPS) is 12.1. The quantitative estimate of drug-likeness (QED) is 0.677. The Morgan fingerprint density at radius 2 is 2.14 bits per heavy atom. The van der Waals surface area contributed by atoms with Crippen LogP contribution in [-0.4, -0.2) is 31.9 Å². The van der Waals surface area contributed by atoms with Crippen molar-refractivity contribution in [3.8, 4) is 0 Å². The van der Waals surface area contributed by atoms with E-state index in [1.165, 1.54) is 12.7 Å². The number of carbonyl (C=O) groups is 1. The summed E-state index contributed by atoms with van der Waals surface area (Å²) in [6, 6.07) is 0. The van der Waals surface area contributed by atoms with E-state index in [1.807, 2.05) is 0 Å². The summed E-state index contributed by atoms with van der Waals surface area (Å²) in [5.74, 6) is 0.00696. The Bertz CT molecular complexity index is 337. The maximum absolute atomic E-state index is 11.2. The Morgan fingerprint density at radius 3 is 2.64 bits per heavy atom. The molecule has 0 spiro atoms. The van der Waals surface area contributed by atoms with Gasteiger partial charge in [-0.1, -0.05) is 6.58 Å². The summed E-state index contributed by atoms with van der Waals surface area (Å²) in [5, 5.41) is 9.43. The van der Waals surface area contributed by atoms with E-state index in [4.69, 9.17) is 0 Å². The number of hydrogen-bond acceptors (Lipinski definition) is 5. The van der Waals surface area contributed by atoms with E-state index in [0.29, 0.717) is 11.4 Å². The molecule has 14 heavy (non-hydrogen) atoms. The fourth-order valence-corrected chi connectivity index (χ4v) is 0.919. The summed E-state index contributed by atoms with van der Waals surface area (Å²) in [6.07, 6.45) is 1.62. The average Bonchev–Trinajstić information content (AvgIpc) is 2.18. The predicted molar refractivity (Wildman–Crippen MR) is 49.4 cm³/mol. The first-order chi connectivity index (χ1) is 6.61. The third-order valence-electron chi connectivity index (χ3n) is 1.65. The minimum atomic E-state index is -1.12. The third kappa shape index (κ3) is 2.70.